The van der Waals surface area contributed by atoms with Crippen molar-refractivity contribution in [1.29, 1.82) is 0 Å². The molecule has 1 spiro atoms. The number of carbonyl (C=O) groups is 2. The molecule has 1 saturated heterocycles. The molecule has 2 bridgehead atoms. The van der Waals surface area contributed by atoms with Crippen molar-refractivity contribution in [3.8, 4) is 0 Å². The molecule has 2 aliphatic carbocycles. The van der Waals surface area contributed by atoms with Gasteiger partial charge in [0.2, 0.25) is 15.9 Å². The molecule has 3 fully saturated rings. The summed E-state index contributed by atoms with van der Waals surface area (Å²) in [4.78, 5) is 25.0. The molecule has 1 amide bonds. The Hall–Kier alpha value is -0.950. The van der Waals surface area contributed by atoms with E-state index in [9.17, 15) is 23.1 Å². The Morgan fingerprint density at radius 3 is 2.46 bits per heavy atom. The van der Waals surface area contributed by atoms with Gasteiger partial charge in [-0.3, -0.25) is 9.59 Å². The minimum atomic E-state index is -3.69. The number of ketones is 1. The predicted octanol–water partition coefficient (Wildman–Crippen LogP) is 2.11. The van der Waals surface area contributed by atoms with Gasteiger partial charge in [0, 0.05) is 17.3 Å². The quantitative estimate of drug-likeness (QED) is 0.782. The number of sulfonamides is 1. The lowest BCUT2D eigenvalue weighted by atomic mass is 9.69. The van der Waals surface area contributed by atoms with Crippen LogP contribution in [0.2, 0.25) is 0 Å². The topological polar surface area (TPSA) is 91.8 Å². The summed E-state index contributed by atoms with van der Waals surface area (Å²) in [6, 6.07) is -0.300. The highest BCUT2D eigenvalue weighted by atomic mass is 32.2. The third-order valence-electron chi connectivity index (χ3n) is 7.90. The van der Waals surface area contributed by atoms with Gasteiger partial charge in [0.05, 0.1) is 24.3 Å². The summed E-state index contributed by atoms with van der Waals surface area (Å²) in [7, 11) is -3.69. The summed E-state index contributed by atoms with van der Waals surface area (Å²) in [6.45, 7) is 9.19. The van der Waals surface area contributed by atoms with Gasteiger partial charge in [-0.15, -0.1) is 0 Å². The van der Waals surface area contributed by atoms with Crippen molar-refractivity contribution in [2.24, 2.45) is 22.2 Å². The van der Waals surface area contributed by atoms with Crippen molar-refractivity contribution >= 4 is 21.7 Å². The van der Waals surface area contributed by atoms with Crippen LogP contribution in [0, 0.1) is 22.2 Å². The standard InChI is InChI=1S/C19H31NO5S/c1-6-14(21)17(2,3)15(22)10-16(23)20-13-9-12-7-8-19(13,18(12,4)5)11-26(20,24)25/h12-13,15,22H,6-11H2,1-5H3/t12?,13?,15-,19+/m0/s1. The third-order valence-corrected chi connectivity index (χ3v) is 9.84. The Bertz CT molecular complexity index is 741. The third kappa shape index (κ3) is 2.42. The van der Waals surface area contributed by atoms with Crippen LogP contribution in [0.5, 0.6) is 0 Å². The van der Waals surface area contributed by atoms with Crippen LogP contribution in [-0.4, -0.2) is 47.4 Å². The van der Waals surface area contributed by atoms with Crippen molar-refractivity contribution in [1.82, 2.24) is 4.31 Å². The highest BCUT2D eigenvalue weighted by Crippen LogP contribution is 2.70. The van der Waals surface area contributed by atoms with E-state index in [1.54, 1.807) is 20.8 Å². The zero-order valence-corrected chi connectivity index (χ0v) is 17.2. The molecule has 0 aromatic rings. The minimum Gasteiger partial charge on any atom is -0.392 e. The molecular weight excluding hydrogens is 354 g/mol. The first-order chi connectivity index (χ1) is 11.8. The lowest BCUT2D eigenvalue weighted by Crippen LogP contribution is -2.47. The molecule has 6 nitrogen and oxygen atoms in total. The Morgan fingerprint density at radius 2 is 1.92 bits per heavy atom. The maximum absolute atomic E-state index is 12.9. The molecule has 0 radical (unpaired) electrons. The molecule has 4 atom stereocenters. The van der Waals surface area contributed by atoms with E-state index in [0.29, 0.717) is 12.3 Å². The second-order valence-electron chi connectivity index (χ2n) is 9.53. The summed E-state index contributed by atoms with van der Waals surface area (Å²) in [6.07, 6.45) is 1.30. The molecule has 7 heteroatoms. The summed E-state index contributed by atoms with van der Waals surface area (Å²) in [5, 5.41) is 10.5. The molecular formula is C19H31NO5S. The average molecular weight is 386 g/mol. The highest BCUT2D eigenvalue weighted by Gasteiger charge is 2.72. The number of fused-ring (bicyclic) bond motifs is 1. The Balaban J connectivity index is 1.86. The maximum Gasteiger partial charge on any atom is 0.238 e. The zero-order valence-electron chi connectivity index (χ0n) is 16.4. The van der Waals surface area contributed by atoms with Crippen LogP contribution < -0.4 is 0 Å². The maximum atomic E-state index is 12.9. The second-order valence-corrected chi connectivity index (χ2v) is 11.4. The summed E-state index contributed by atoms with van der Waals surface area (Å²) < 4.78 is 26.8. The Kier molecular flexibility index (Phi) is 4.40. The SMILES string of the molecule is CCC(=O)C(C)(C)[C@@H](O)CC(=O)N1C2CC3CC[C@]2(CS1(=O)=O)C3(C)C. The zero-order chi connectivity index (χ0) is 19.7. The number of rotatable bonds is 5. The first-order valence-corrected chi connectivity index (χ1v) is 11.2. The van der Waals surface area contributed by atoms with E-state index in [4.69, 9.17) is 0 Å². The monoisotopic (exact) mass is 385 g/mol. The van der Waals surface area contributed by atoms with E-state index in [0.717, 1.165) is 17.1 Å². The van der Waals surface area contributed by atoms with Crippen LogP contribution in [-0.2, 0) is 19.6 Å². The Morgan fingerprint density at radius 1 is 1.31 bits per heavy atom. The van der Waals surface area contributed by atoms with Gasteiger partial charge in [0.25, 0.3) is 0 Å². The number of carbonyl (C=O) groups excluding carboxylic acids is 2. The highest BCUT2D eigenvalue weighted by molar-refractivity contribution is 7.90. The molecule has 3 aliphatic rings. The van der Waals surface area contributed by atoms with Gasteiger partial charge in [-0.2, -0.15) is 0 Å². The number of hydrogen-bond acceptors (Lipinski definition) is 5. The number of aliphatic hydroxyl groups excluding tert-OH is 1. The van der Waals surface area contributed by atoms with E-state index >= 15 is 0 Å². The summed E-state index contributed by atoms with van der Waals surface area (Å²) in [5.74, 6) is -0.256. The molecule has 148 valence electrons. The van der Waals surface area contributed by atoms with Crippen molar-refractivity contribution in [2.45, 2.75) is 78.9 Å². The minimum absolute atomic E-state index is 0.0211. The lowest BCUT2D eigenvalue weighted by Gasteiger charge is -2.37. The average Bonchev–Trinajstić information content (AvgIpc) is 3.00. The number of amides is 1. The van der Waals surface area contributed by atoms with E-state index < -0.39 is 27.4 Å². The van der Waals surface area contributed by atoms with Crippen molar-refractivity contribution in [3.63, 3.8) is 0 Å². The van der Waals surface area contributed by atoms with E-state index in [2.05, 4.69) is 13.8 Å². The van der Waals surface area contributed by atoms with Gasteiger partial charge in [0.1, 0.15) is 5.78 Å². The first-order valence-electron chi connectivity index (χ1n) is 9.57. The van der Waals surface area contributed by atoms with E-state index in [-0.39, 0.29) is 41.2 Å². The molecule has 3 rings (SSSR count). The van der Waals surface area contributed by atoms with Gasteiger partial charge in [-0.25, -0.2) is 12.7 Å². The molecule has 1 N–H and O–H groups in total. The fraction of sp³-hybridized carbons (Fsp3) is 0.895. The summed E-state index contributed by atoms with van der Waals surface area (Å²) in [5.41, 5.74) is -1.54. The van der Waals surface area contributed by atoms with Crippen molar-refractivity contribution in [2.75, 3.05) is 5.75 Å². The molecule has 2 unspecified atom stereocenters. The van der Waals surface area contributed by atoms with Crippen LogP contribution in [0.25, 0.3) is 0 Å². The fourth-order valence-corrected chi connectivity index (χ4v) is 8.33. The van der Waals surface area contributed by atoms with Gasteiger partial charge in [-0.1, -0.05) is 34.6 Å². The number of Topliss-reactive ketones (excluding diaryl/α,β-unsaturated/α-hetero) is 1. The van der Waals surface area contributed by atoms with Gasteiger partial charge in [0.15, 0.2) is 0 Å². The summed E-state index contributed by atoms with van der Waals surface area (Å²) >= 11 is 0. The second kappa shape index (κ2) is 5.77. The smallest absolute Gasteiger partial charge is 0.238 e. The van der Waals surface area contributed by atoms with Crippen molar-refractivity contribution in [3.05, 3.63) is 0 Å². The van der Waals surface area contributed by atoms with Crippen LogP contribution in [0.3, 0.4) is 0 Å². The number of nitrogens with zero attached hydrogens (tertiary/aromatic N) is 1. The Labute approximate surface area is 156 Å². The first kappa shape index (κ1) is 19.8. The number of aliphatic hydroxyl groups is 1. The van der Waals surface area contributed by atoms with Gasteiger partial charge >= 0.3 is 0 Å². The van der Waals surface area contributed by atoms with Crippen LogP contribution >= 0.6 is 0 Å². The molecule has 1 heterocycles. The van der Waals surface area contributed by atoms with Gasteiger partial charge in [-0.05, 0) is 30.6 Å². The normalized spacial score (nSPS) is 35.4. The molecule has 1 aliphatic heterocycles. The molecule has 2 saturated carbocycles. The van der Waals surface area contributed by atoms with E-state index in [1.807, 2.05) is 0 Å². The fourth-order valence-electron chi connectivity index (χ4n) is 5.77. The van der Waals surface area contributed by atoms with Crippen molar-refractivity contribution < 1.29 is 23.1 Å². The largest absolute Gasteiger partial charge is 0.392 e. The van der Waals surface area contributed by atoms with E-state index in [1.165, 1.54) is 0 Å². The van der Waals surface area contributed by atoms with Crippen LogP contribution in [0.1, 0.15) is 66.7 Å². The lowest BCUT2D eigenvalue weighted by molar-refractivity contribution is -0.138. The molecule has 0 aromatic carbocycles. The van der Waals surface area contributed by atoms with Crippen LogP contribution in [0.15, 0.2) is 0 Å². The molecule has 26 heavy (non-hydrogen) atoms. The van der Waals surface area contributed by atoms with Gasteiger partial charge < -0.3 is 5.11 Å². The molecule has 0 aromatic heterocycles. The predicted molar refractivity (Wildman–Crippen MR) is 97.7 cm³/mol. The number of hydrogen-bond donors (Lipinski definition) is 1. The van der Waals surface area contributed by atoms with Crippen LogP contribution in [0.4, 0.5) is 0 Å².